The van der Waals surface area contributed by atoms with Crippen molar-refractivity contribution in [3.8, 4) is 0 Å². The van der Waals surface area contributed by atoms with Crippen molar-refractivity contribution in [1.29, 1.82) is 0 Å². The van der Waals surface area contributed by atoms with Gasteiger partial charge >= 0.3 is 0 Å². The fourth-order valence-corrected chi connectivity index (χ4v) is 2.35. The first-order valence-corrected chi connectivity index (χ1v) is 5.97. The number of ether oxygens (including phenoxy) is 1. The number of hydrogen-bond donors (Lipinski definition) is 3. The molecule has 0 spiro atoms. The summed E-state index contributed by atoms with van der Waals surface area (Å²) in [6.07, 6.45) is 3.81. The van der Waals surface area contributed by atoms with Crippen molar-refractivity contribution in [2.24, 2.45) is 5.73 Å². The minimum atomic E-state index is -0.892. The third-order valence-electron chi connectivity index (χ3n) is 3.55. The van der Waals surface area contributed by atoms with Gasteiger partial charge in [-0.3, -0.25) is 4.79 Å². The quantitative estimate of drug-likeness (QED) is 0.596. The molecule has 1 aliphatic heterocycles. The average Bonchev–Trinajstić information content (AvgIpc) is 2.70. The fraction of sp³-hybridized carbons (Fsp3) is 0.909. The molecule has 1 heterocycles. The van der Waals surface area contributed by atoms with E-state index in [-0.39, 0.29) is 18.6 Å². The van der Waals surface area contributed by atoms with Crippen LogP contribution in [0.5, 0.6) is 0 Å². The van der Waals surface area contributed by atoms with Gasteiger partial charge in [0.15, 0.2) is 0 Å². The zero-order valence-corrected chi connectivity index (χ0v) is 9.45. The highest BCUT2D eigenvalue weighted by atomic mass is 16.5. The van der Waals surface area contributed by atoms with E-state index >= 15 is 0 Å². The van der Waals surface area contributed by atoms with Crippen LogP contribution in [0.1, 0.15) is 32.1 Å². The van der Waals surface area contributed by atoms with E-state index in [2.05, 4.69) is 5.32 Å². The highest BCUT2D eigenvalue weighted by Crippen LogP contribution is 2.21. The van der Waals surface area contributed by atoms with Gasteiger partial charge < -0.3 is 20.9 Å². The smallest absolute Gasteiger partial charge is 0.242 e. The van der Waals surface area contributed by atoms with Gasteiger partial charge in [-0.1, -0.05) is 12.8 Å². The lowest BCUT2D eigenvalue weighted by Gasteiger charge is -2.31. The number of nitrogens with two attached hydrogens (primary N) is 1. The molecule has 2 aliphatic rings. The molecule has 92 valence electrons. The topological polar surface area (TPSA) is 84.6 Å². The van der Waals surface area contributed by atoms with Crippen LogP contribution in [0.2, 0.25) is 0 Å². The summed E-state index contributed by atoms with van der Waals surface area (Å²) < 4.78 is 5.15. The van der Waals surface area contributed by atoms with E-state index in [1.165, 1.54) is 0 Å². The molecule has 0 bridgehead atoms. The Kier molecular flexibility index (Phi) is 3.47. The van der Waals surface area contributed by atoms with E-state index in [0.29, 0.717) is 13.0 Å². The molecule has 1 saturated heterocycles. The molecule has 0 aromatic heterocycles. The lowest BCUT2D eigenvalue weighted by molar-refractivity contribution is -0.128. The molecule has 1 unspecified atom stereocenters. The van der Waals surface area contributed by atoms with Crippen LogP contribution in [0.4, 0.5) is 0 Å². The van der Waals surface area contributed by atoms with Gasteiger partial charge in [0.1, 0.15) is 5.54 Å². The van der Waals surface area contributed by atoms with E-state index < -0.39 is 11.6 Å². The molecule has 5 nitrogen and oxygen atoms in total. The monoisotopic (exact) mass is 228 g/mol. The second-order valence-corrected chi connectivity index (χ2v) is 4.89. The maximum Gasteiger partial charge on any atom is 0.242 e. The Morgan fingerprint density at radius 3 is 2.81 bits per heavy atom. The van der Waals surface area contributed by atoms with Gasteiger partial charge in [0.05, 0.1) is 18.8 Å². The summed E-state index contributed by atoms with van der Waals surface area (Å²) in [5.41, 5.74) is 5.05. The van der Waals surface area contributed by atoms with Crippen molar-refractivity contribution < 1.29 is 14.6 Å². The van der Waals surface area contributed by atoms with Crippen molar-refractivity contribution in [3.63, 3.8) is 0 Å². The standard InChI is InChI=1S/C11H20N2O3/c12-11(5-6-16-7-11)10(15)13-8-3-1-2-4-9(8)14/h8-9,14H,1-7,12H2,(H,13,15)/t8-,9-,11?/m0/s1. The number of carbonyl (C=O) groups is 1. The number of rotatable bonds is 2. The van der Waals surface area contributed by atoms with E-state index in [1.807, 2.05) is 0 Å². The lowest BCUT2D eigenvalue weighted by atomic mass is 9.91. The molecule has 1 aliphatic carbocycles. The summed E-state index contributed by atoms with van der Waals surface area (Å²) in [5, 5.41) is 12.6. The summed E-state index contributed by atoms with van der Waals surface area (Å²) in [5.74, 6) is -0.184. The second-order valence-electron chi connectivity index (χ2n) is 4.89. The van der Waals surface area contributed by atoms with Crippen molar-refractivity contribution in [2.75, 3.05) is 13.2 Å². The Hall–Kier alpha value is -0.650. The summed E-state index contributed by atoms with van der Waals surface area (Å²) in [7, 11) is 0. The molecular weight excluding hydrogens is 208 g/mol. The maximum absolute atomic E-state index is 12.0. The van der Waals surface area contributed by atoms with Crippen molar-refractivity contribution in [2.45, 2.75) is 49.8 Å². The normalized spacial score (nSPS) is 39.6. The van der Waals surface area contributed by atoms with Crippen LogP contribution in [0, 0.1) is 0 Å². The van der Waals surface area contributed by atoms with Crippen LogP contribution >= 0.6 is 0 Å². The molecule has 0 radical (unpaired) electrons. The number of carbonyl (C=O) groups excluding carboxylic acids is 1. The highest BCUT2D eigenvalue weighted by Gasteiger charge is 2.40. The third kappa shape index (κ3) is 2.36. The predicted molar refractivity (Wildman–Crippen MR) is 58.8 cm³/mol. The molecule has 1 amide bonds. The number of aliphatic hydroxyl groups excluding tert-OH is 1. The van der Waals surface area contributed by atoms with Gasteiger partial charge in [-0.25, -0.2) is 0 Å². The zero-order chi connectivity index (χ0) is 11.6. The van der Waals surface area contributed by atoms with Crippen LogP contribution in [-0.4, -0.2) is 41.9 Å². The summed E-state index contributed by atoms with van der Waals surface area (Å²) >= 11 is 0. The Bertz CT molecular complexity index is 264. The highest BCUT2D eigenvalue weighted by molar-refractivity contribution is 5.86. The van der Waals surface area contributed by atoms with Gasteiger partial charge in [-0.05, 0) is 19.3 Å². The van der Waals surface area contributed by atoms with Gasteiger partial charge in [-0.15, -0.1) is 0 Å². The summed E-state index contributed by atoms with van der Waals surface area (Å²) in [6, 6.07) is -0.137. The second kappa shape index (κ2) is 4.69. The van der Waals surface area contributed by atoms with Crippen LogP contribution < -0.4 is 11.1 Å². The number of aliphatic hydroxyl groups is 1. The van der Waals surface area contributed by atoms with Gasteiger partial charge in [0.2, 0.25) is 5.91 Å². The van der Waals surface area contributed by atoms with E-state index in [1.54, 1.807) is 0 Å². The van der Waals surface area contributed by atoms with Gasteiger partial charge in [-0.2, -0.15) is 0 Å². The first-order valence-electron chi connectivity index (χ1n) is 5.97. The van der Waals surface area contributed by atoms with Crippen LogP contribution in [0.25, 0.3) is 0 Å². The molecular formula is C11H20N2O3. The first-order chi connectivity index (χ1) is 7.62. The number of hydrogen-bond acceptors (Lipinski definition) is 4. The summed E-state index contributed by atoms with van der Waals surface area (Å²) in [4.78, 5) is 12.0. The van der Waals surface area contributed by atoms with E-state index in [4.69, 9.17) is 10.5 Å². The van der Waals surface area contributed by atoms with Crippen molar-refractivity contribution >= 4 is 5.91 Å². The van der Waals surface area contributed by atoms with Crippen molar-refractivity contribution in [1.82, 2.24) is 5.32 Å². The molecule has 2 fully saturated rings. The molecule has 3 atom stereocenters. The van der Waals surface area contributed by atoms with Gasteiger partial charge in [0.25, 0.3) is 0 Å². The molecule has 16 heavy (non-hydrogen) atoms. The largest absolute Gasteiger partial charge is 0.391 e. The van der Waals surface area contributed by atoms with Crippen molar-refractivity contribution in [3.05, 3.63) is 0 Å². The number of nitrogens with one attached hydrogen (secondary N) is 1. The third-order valence-corrected chi connectivity index (χ3v) is 3.55. The number of amides is 1. The SMILES string of the molecule is NC1(C(=O)N[C@H]2CCCC[C@@H]2O)CCOC1. The van der Waals surface area contributed by atoms with Crippen LogP contribution in [0.3, 0.4) is 0 Å². The minimum Gasteiger partial charge on any atom is -0.391 e. The molecule has 1 saturated carbocycles. The summed E-state index contributed by atoms with van der Waals surface area (Å²) in [6.45, 7) is 0.818. The molecule has 0 aromatic carbocycles. The first kappa shape index (κ1) is 11.8. The van der Waals surface area contributed by atoms with Gasteiger partial charge in [0, 0.05) is 6.61 Å². The average molecular weight is 228 g/mol. The van der Waals surface area contributed by atoms with E-state index in [9.17, 15) is 9.90 Å². The Labute approximate surface area is 95.3 Å². The Balaban J connectivity index is 1.90. The minimum absolute atomic E-state index is 0.137. The molecule has 5 heteroatoms. The Morgan fingerprint density at radius 2 is 2.19 bits per heavy atom. The lowest BCUT2D eigenvalue weighted by Crippen LogP contribution is -2.58. The maximum atomic E-state index is 12.0. The fourth-order valence-electron chi connectivity index (χ4n) is 2.35. The zero-order valence-electron chi connectivity index (χ0n) is 9.45. The van der Waals surface area contributed by atoms with E-state index in [0.717, 1.165) is 25.7 Å². The van der Waals surface area contributed by atoms with Crippen LogP contribution in [0.15, 0.2) is 0 Å². The molecule has 2 rings (SSSR count). The molecule has 4 N–H and O–H groups in total. The Morgan fingerprint density at radius 1 is 1.44 bits per heavy atom. The predicted octanol–water partition coefficient (Wildman–Crippen LogP) is -0.476. The van der Waals surface area contributed by atoms with Crippen LogP contribution in [-0.2, 0) is 9.53 Å². The molecule has 0 aromatic rings.